The van der Waals surface area contributed by atoms with Crippen molar-refractivity contribution >= 4 is 5.97 Å². The molecule has 0 aliphatic heterocycles. The second-order valence-corrected chi connectivity index (χ2v) is 4.77. The number of carbonyl (C=O) groups is 1. The zero-order valence-electron chi connectivity index (χ0n) is 10.6. The largest absolute Gasteiger partial charge is 0.468 e. The van der Waals surface area contributed by atoms with E-state index < -0.39 is 0 Å². The van der Waals surface area contributed by atoms with E-state index in [0.29, 0.717) is 5.92 Å². The van der Waals surface area contributed by atoms with E-state index in [1.807, 2.05) is 0 Å². The van der Waals surface area contributed by atoms with Crippen molar-refractivity contribution in [3.05, 3.63) is 0 Å². The Balaban J connectivity index is 2.38. The van der Waals surface area contributed by atoms with Crippen LogP contribution >= 0.6 is 0 Å². The van der Waals surface area contributed by atoms with Crippen LogP contribution in [0.2, 0.25) is 0 Å². The number of methoxy groups -OCH3 is 1. The van der Waals surface area contributed by atoms with Gasteiger partial charge in [-0.05, 0) is 25.3 Å². The van der Waals surface area contributed by atoms with Gasteiger partial charge in [0.25, 0.3) is 0 Å². The maximum Gasteiger partial charge on any atom is 0.322 e. The van der Waals surface area contributed by atoms with Gasteiger partial charge in [0.05, 0.1) is 7.11 Å². The highest BCUT2D eigenvalue weighted by atomic mass is 16.5. The predicted octanol–water partition coefficient (Wildman–Crippen LogP) is 2.50. The summed E-state index contributed by atoms with van der Waals surface area (Å²) >= 11 is 0. The number of esters is 1. The Hall–Kier alpha value is -0.570. The van der Waals surface area contributed by atoms with Gasteiger partial charge >= 0.3 is 5.97 Å². The molecule has 0 heterocycles. The number of ether oxygens (including phenoxy) is 1. The van der Waals surface area contributed by atoms with Crippen LogP contribution in [0.1, 0.15) is 51.9 Å². The van der Waals surface area contributed by atoms with Crippen molar-refractivity contribution in [3.63, 3.8) is 0 Å². The van der Waals surface area contributed by atoms with E-state index in [0.717, 1.165) is 19.4 Å². The van der Waals surface area contributed by atoms with E-state index in [1.165, 1.54) is 39.2 Å². The monoisotopic (exact) mass is 227 g/mol. The fourth-order valence-electron chi connectivity index (χ4n) is 2.48. The zero-order valence-corrected chi connectivity index (χ0v) is 10.6. The second kappa shape index (κ2) is 7.66. The molecular formula is C13H25NO2. The van der Waals surface area contributed by atoms with Gasteiger partial charge in [0.2, 0.25) is 0 Å². The third kappa shape index (κ3) is 4.52. The highest BCUT2D eigenvalue weighted by Crippen LogP contribution is 2.27. The van der Waals surface area contributed by atoms with Crippen LogP contribution in [-0.2, 0) is 9.53 Å². The molecule has 0 aromatic carbocycles. The average Bonchev–Trinajstić information content (AvgIpc) is 2.34. The summed E-state index contributed by atoms with van der Waals surface area (Å²) in [4.78, 5) is 11.6. The van der Waals surface area contributed by atoms with E-state index in [9.17, 15) is 4.79 Å². The quantitative estimate of drug-likeness (QED) is 0.709. The summed E-state index contributed by atoms with van der Waals surface area (Å²) in [6.07, 6.45) is 8.58. The van der Waals surface area contributed by atoms with E-state index in [1.54, 1.807) is 0 Å². The van der Waals surface area contributed by atoms with Gasteiger partial charge in [0.1, 0.15) is 6.04 Å². The van der Waals surface area contributed by atoms with Gasteiger partial charge < -0.3 is 10.1 Å². The minimum absolute atomic E-state index is 0.0898. The molecule has 0 saturated heterocycles. The summed E-state index contributed by atoms with van der Waals surface area (Å²) in [5, 5.41) is 3.29. The summed E-state index contributed by atoms with van der Waals surface area (Å²) < 4.78 is 4.85. The van der Waals surface area contributed by atoms with Crippen molar-refractivity contribution in [2.75, 3.05) is 13.7 Å². The highest BCUT2D eigenvalue weighted by Gasteiger charge is 2.24. The maximum absolute atomic E-state index is 11.6. The molecule has 1 atom stereocenters. The van der Waals surface area contributed by atoms with Gasteiger partial charge in [-0.25, -0.2) is 0 Å². The molecule has 0 radical (unpaired) electrons. The van der Waals surface area contributed by atoms with E-state index in [4.69, 9.17) is 4.74 Å². The van der Waals surface area contributed by atoms with Crippen LogP contribution in [0, 0.1) is 5.92 Å². The summed E-state index contributed by atoms with van der Waals surface area (Å²) in [6, 6.07) is -0.0898. The first-order valence-electron chi connectivity index (χ1n) is 6.59. The molecule has 1 fully saturated rings. The van der Waals surface area contributed by atoms with Gasteiger partial charge in [-0.15, -0.1) is 0 Å². The Morgan fingerprint density at radius 3 is 2.62 bits per heavy atom. The molecule has 1 unspecified atom stereocenters. The first-order chi connectivity index (χ1) is 7.77. The highest BCUT2D eigenvalue weighted by molar-refractivity contribution is 5.75. The molecule has 0 spiro atoms. The Morgan fingerprint density at radius 1 is 1.38 bits per heavy atom. The smallest absolute Gasteiger partial charge is 0.322 e. The first-order valence-corrected chi connectivity index (χ1v) is 6.59. The van der Waals surface area contributed by atoms with Crippen LogP contribution in [-0.4, -0.2) is 25.7 Å². The SMILES string of the molecule is CCCNC(CC1CCCCC1)C(=O)OC. The summed E-state index contributed by atoms with van der Waals surface area (Å²) in [7, 11) is 1.48. The molecule has 3 heteroatoms. The minimum Gasteiger partial charge on any atom is -0.468 e. The van der Waals surface area contributed by atoms with Crippen molar-refractivity contribution in [2.45, 2.75) is 57.9 Å². The van der Waals surface area contributed by atoms with Gasteiger partial charge in [-0.2, -0.15) is 0 Å². The third-order valence-electron chi connectivity index (χ3n) is 3.42. The Bertz CT molecular complexity index is 200. The molecule has 0 amide bonds. The zero-order chi connectivity index (χ0) is 11.8. The van der Waals surface area contributed by atoms with E-state index in [-0.39, 0.29) is 12.0 Å². The van der Waals surface area contributed by atoms with Crippen molar-refractivity contribution in [1.82, 2.24) is 5.32 Å². The Morgan fingerprint density at radius 2 is 2.06 bits per heavy atom. The molecule has 3 nitrogen and oxygen atoms in total. The Labute approximate surface area is 98.9 Å². The van der Waals surface area contributed by atoms with E-state index >= 15 is 0 Å². The van der Waals surface area contributed by atoms with Crippen LogP contribution in [0.3, 0.4) is 0 Å². The minimum atomic E-state index is -0.0981. The number of hydrogen-bond acceptors (Lipinski definition) is 3. The van der Waals surface area contributed by atoms with Gasteiger partial charge in [-0.3, -0.25) is 4.79 Å². The molecule has 1 rings (SSSR count). The van der Waals surface area contributed by atoms with Crippen LogP contribution < -0.4 is 5.32 Å². The van der Waals surface area contributed by atoms with Crippen molar-refractivity contribution in [3.8, 4) is 0 Å². The molecule has 0 aromatic rings. The van der Waals surface area contributed by atoms with Gasteiger partial charge in [-0.1, -0.05) is 39.0 Å². The van der Waals surface area contributed by atoms with Gasteiger partial charge in [0, 0.05) is 0 Å². The fraction of sp³-hybridized carbons (Fsp3) is 0.923. The molecule has 0 bridgehead atoms. The predicted molar refractivity (Wildman–Crippen MR) is 65.3 cm³/mol. The van der Waals surface area contributed by atoms with Crippen molar-refractivity contribution in [2.24, 2.45) is 5.92 Å². The third-order valence-corrected chi connectivity index (χ3v) is 3.42. The number of rotatable bonds is 6. The lowest BCUT2D eigenvalue weighted by Gasteiger charge is -2.25. The van der Waals surface area contributed by atoms with Crippen LogP contribution in [0.25, 0.3) is 0 Å². The van der Waals surface area contributed by atoms with E-state index in [2.05, 4.69) is 12.2 Å². The topological polar surface area (TPSA) is 38.3 Å². The number of carbonyl (C=O) groups excluding carboxylic acids is 1. The van der Waals surface area contributed by atoms with Gasteiger partial charge in [0.15, 0.2) is 0 Å². The summed E-state index contributed by atoms with van der Waals surface area (Å²) in [6.45, 7) is 3.01. The molecule has 1 aliphatic carbocycles. The maximum atomic E-state index is 11.6. The summed E-state index contributed by atoms with van der Waals surface area (Å²) in [5.74, 6) is 0.612. The second-order valence-electron chi connectivity index (χ2n) is 4.77. The standard InChI is InChI=1S/C13H25NO2/c1-3-9-14-12(13(15)16-2)10-11-7-5-4-6-8-11/h11-12,14H,3-10H2,1-2H3. The van der Waals surface area contributed by atoms with Crippen molar-refractivity contribution < 1.29 is 9.53 Å². The summed E-state index contributed by atoms with van der Waals surface area (Å²) in [5.41, 5.74) is 0. The first kappa shape index (κ1) is 13.5. The number of nitrogens with one attached hydrogen (secondary N) is 1. The molecular weight excluding hydrogens is 202 g/mol. The average molecular weight is 227 g/mol. The lowest BCUT2D eigenvalue weighted by Crippen LogP contribution is -2.39. The fourth-order valence-corrected chi connectivity index (χ4v) is 2.48. The molecule has 1 saturated carbocycles. The molecule has 0 aromatic heterocycles. The van der Waals surface area contributed by atoms with Crippen LogP contribution in [0.15, 0.2) is 0 Å². The molecule has 16 heavy (non-hydrogen) atoms. The molecule has 1 N–H and O–H groups in total. The lowest BCUT2D eigenvalue weighted by molar-refractivity contribution is -0.143. The molecule has 1 aliphatic rings. The van der Waals surface area contributed by atoms with Crippen LogP contribution in [0.5, 0.6) is 0 Å². The lowest BCUT2D eigenvalue weighted by atomic mass is 9.85. The molecule has 94 valence electrons. The normalized spacial score (nSPS) is 19.4. The number of hydrogen-bond donors (Lipinski definition) is 1. The van der Waals surface area contributed by atoms with Crippen molar-refractivity contribution in [1.29, 1.82) is 0 Å². The van der Waals surface area contributed by atoms with Crippen LogP contribution in [0.4, 0.5) is 0 Å². The Kier molecular flexibility index (Phi) is 6.46.